The van der Waals surface area contributed by atoms with Crippen LogP contribution in [-0.2, 0) is 35.7 Å². The number of nitrogens with one attached hydrogen (secondary N) is 1. The summed E-state index contributed by atoms with van der Waals surface area (Å²) in [5.74, 6) is -4.32. The summed E-state index contributed by atoms with van der Waals surface area (Å²) in [7, 11) is -4.87. The molecule has 17 heteroatoms. The van der Waals surface area contributed by atoms with Crippen molar-refractivity contribution in [3.63, 3.8) is 0 Å². The topological polar surface area (TPSA) is 217 Å². The molecule has 1 saturated heterocycles. The molecule has 1 aromatic carbocycles. The van der Waals surface area contributed by atoms with Gasteiger partial charge in [0.25, 0.3) is 21.2 Å². The lowest BCUT2D eigenvalue weighted by atomic mass is 10.0. The number of thioether (sulfide) groups is 2. The van der Waals surface area contributed by atoms with Crippen molar-refractivity contribution >= 4 is 57.4 Å². The molecule has 0 aliphatic carbocycles. The predicted molar refractivity (Wildman–Crippen MR) is 127 cm³/mol. The Morgan fingerprint density at radius 3 is 2.54 bits per heavy atom. The number of carbonyl (C=O) groups is 4. The van der Waals surface area contributed by atoms with Gasteiger partial charge in [-0.15, -0.1) is 22.0 Å². The molecule has 1 aromatic heterocycles. The molecule has 37 heavy (non-hydrogen) atoms. The van der Waals surface area contributed by atoms with Crippen LogP contribution in [0.2, 0.25) is 0 Å². The minimum absolute atomic E-state index is 0.000366. The van der Waals surface area contributed by atoms with E-state index in [2.05, 4.69) is 15.5 Å². The van der Waals surface area contributed by atoms with Crippen LogP contribution in [0.4, 0.5) is 0 Å². The molecular weight excluding hydrogens is 552 g/mol. The zero-order valence-corrected chi connectivity index (χ0v) is 21.0. The van der Waals surface area contributed by atoms with E-state index in [0.29, 0.717) is 5.57 Å². The van der Waals surface area contributed by atoms with Gasteiger partial charge in [-0.3, -0.25) is 23.8 Å². The second-order valence-corrected chi connectivity index (χ2v) is 11.3. The summed E-state index contributed by atoms with van der Waals surface area (Å²) in [6.45, 7) is 0. The zero-order chi connectivity index (χ0) is 26.9. The largest absolute Gasteiger partial charge is 0.481 e. The first-order valence-electron chi connectivity index (χ1n) is 10.4. The number of hydrogen-bond acceptors (Lipinski definition) is 11. The number of hydrogen-bond donors (Lipinski definition) is 4. The number of benzene rings is 1. The van der Waals surface area contributed by atoms with Gasteiger partial charge in [-0.25, -0.2) is 4.79 Å². The number of carbonyl (C=O) groups excluding carboxylic acids is 2. The van der Waals surface area contributed by atoms with Crippen LogP contribution in [-0.4, -0.2) is 85.0 Å². The molecule has 2 unspecified atom stereocenters. The van der Waals surface area contributed by atoms with Gasteiger partial charge in [0, 0.05) is 11.5 Å². The average Bonchev–Trinajstić information content (AvgIpc) is 3.26. The minimum atomic E-state index is -4.87. The van der Waals surface area contributed by atoms with Gasteiger partial charge in [0.15, 0.2) is 5.25 Å². The molecular formula is C20H18N4O10S3. The third-order valence-electron chi connectivity index (χ3n) is 5.31. The number of nitrogens with zero attached hydrogens (tertiary/aromatic N) is 3. The molecule has 2 amide bonds. The molecule has 2 aromatic rings. The summed E-state index contributed by atoms with van der Waals surface area (Å²) < 4.78 is 38.7. The Morgan fingerprint density at radius 1 is 1.22 bits per heavy atom. The van der Waals surface area contributed by atoms with Gasteiger partial charge in [-0.1, -0.05) is 42.1 Å². The Labute approximate surface area is 217 Å². The number of aliphatic carboxylic acids is 2. The second-order valence-electron chi connectivity index (χ2n) is 7.78. The lowest BCUT2D eigenvalue weighted by Crippen LogP contribution is -2.71. The van der Waals surface area contributed by atoms with Crippen LogP contribution >= 0.6 is 23.5 Å². The highest BCUT2D eigenvalue weighted by atomic mass is 32.2. The van der Waals surface area contributed by atoms with E-state index >= 15 is 0 Å². The van der Waals surface area contributed by atoms with Crippen LogP contribution in [0.15, 0.2) is 51.2 Å². The molecule has 0 saturated carbocycles. The van der Waals surface area contributed by atoms with Gasteiger partial charge in [0.05, 0.1) is 0 Å². The number of fused-ring (bicyclic) bond motifs is 1. The third-order valence-corrected chi connectivity index (χ3v) is 8.63. The standard InChI is InChI=1S/C20H18N4O10S3/c25-12(26)6-11-22-23-20(34-11)36-8-10-7-35-18-13(17(28)24(18)14(10)19(29)30)21-16(27)15(37(31,32)33)9-4-2-1-3-5-9/h1-5,13,15,18H,6-8H2,(H,21,27)(H,25,26)(H,29,30)(H,31,32,33)/t13?,15?,18-/m0/s1. The monoisotopic (exact) mass is 570 g/mol. The van der Waals surface area contributed by atoms with E-state index in [4.69, 9.17) is 9.52 Å². The van der Waals surface area contributed by atoms with Crippen molar-refractivity contribution in [1.29, 1.82) is 0 Å². The number of carboxylic acid groups (broad SMARTS) is 2. The minimum Gasteiger partial charge on any atom is -0.481 e. The van der Waals surface area contributed by atoms with E-state index in [-0.39, 0.29) is 33.9 Å². The molecule has 3 heterocycles. The van der Waals surface area contributed by atoms with Gasteiger partial charge in [0.2, 0.25) is 11.8 Å². The maximum atomic E-state index is 12.9. The van der Waals surface area contributed by atoms with Crippen LogP contribution in [0.1, 0.15) is 16.7 Å². The summed E-state index contributed by atoms with van der Waals surface area (Å²) in [4.78, 5) is 49.4. The molecule has 0 spiro atoms. The lowest BCUT2D eigenvalue weighted by molar-refractivity contribution is -0.150. The van der Waals surface area contributed by atoms with Gasteiger partial charge in [0.1, 0.15) is 23.5 Å². The highest BCUT2D eigenvalue weighted by Gasteiger charge is 2.55. The molecule has 0 bridgehead atoms. The number of amides is 2. The molecule has 3 atom stereocenters. The van der Waals surface area contributed by atoms with Crippen LogP contribution in [0.5, 0.6) is 0 Å². The Hall–Kier alpha value is -3.41. The maximum absolute atomic E-state index is 12.9. The van der Waals surface area contributed by atoms with Crippen molar-refractivity contribution in [2.45, 2.75) is 28.3 Å². The van der Waals surface area contributed by atoms with Crippen molar-refractivity contribution in [3.05, 3.63) is 53.1 Å². The van der Waals surface area contributed by atoms with Crippen LogP contribution in [0.3, 0.4) is 0 Å². The number of aromatic nitrogens is 2. The fourth-order valence-corrected chi connectivity index (χ4v) is 6.86. The normalized spacial score (nSPS) is 20.1. The van der Waals surface area contributed by atoms with E-state index in [9.17, 15) is 37.3 Å². The van der Waals surface area contributed by atoms with Crippen molar-refractivity contribution in [3.8, 4) is 0 Å². The third kappa shape index (κ3) is 5.63. The Kier molecular flexibility index (Phi) is 7.58. The number of rotatable bonds is 10. The molecule has 4 N–H and O–H groups in total. The van der Waals surface area contributed by atoms with E-state index < -0.39 is 57.0 Å². The summed E-state index contributed by atoms with van der Waals surface area (Å²) in [5, 5.41) is 25.4. The molecule has 14 nitrogen and oxygen atoms in total. The van der Waals surface area contributed by atoms with Gasteiger partial charge in [-0.05, 0) is 11.1 Å². The van der Waals surface area contributed by atoms with Crippen molar-refractivity contribution < 1.29 is 46.8 Å². The zero-order valence-electron chi connectivity index (χ0n) is 18.5. The quantitative estimate of drug-likeness (QED) is 0.170. The van der Waals surface area contributed by atoms with Gasteiger partial charge in [-0.2, -0.15) is 8.42 Å². The second kappa shape index (κ2) is 10.5. The molecule has 196 valence electrons. The fourth-order valence-electron chi connectivity index (χ4n) is 3.76. The predicted octanol–water partition coefficient (Wildman–Crippen LogP) is 0.157. The van der Waals surface area contributed by atoms with Crippen molar-refractivity contribution in [1.82, 2.24) is 20.4 Å². The van der Waals surface area contributed by atoms with Crippen LogP contribution in [0.25, 0.3) is 0 Å². The SMILES string of the molecule is O=C(O)Cc1nnc(SCC2=C(C(=O)O)N3C(=O)C(NC(=O)C(c4ccccc4)S(=O)(=O)O)[C@@H]3SC2)o1. The average molecular weight is 571 g/mol. The summed E-state index contributed by atoms with van der Waals surface area (Å²) >= 11 is 2.13. The van der Waals surface area contributed by atoms with E-state index in [1.54, 1.807) is 6.07 Å². The number of β-lactam (4-membered cyclic amide) rings is 1. The van der Waals surface area contributed by atoms with E-state index in [1.807, 2.05) is 0 Å². The maximum Gasteiger partial charge on any atom is 0.352 e. The Balaban J connectivity index is 1.48. The van der Waals surface area contributed by atoms with Gasteiger partial charge >= 0.3 is 11.9 Å². The molecule has 1 fully saturated rings. The van der Waals surface area contributed by atoms with Crippen LogP contribution < -0.4 is 5.32 Å². The molecule has 0 radical (unpaired) electrons. The summed E-state index contributed by atoms with van der Waals surface area (Å²) in [5.41, 5.74) is 0.0711. The smallest absolute Gasteiger partial charge is 0.352 e. The van der Waals surface area contributed by atoms with Crippen molar-refractivity contribution in [2.75, 3.05) is 11.5 Å². The molecule has 2 aliphatic rings. The van der Waals surface area contributed by atoms with E-state index in [1.165, 1.54) is 24.3 Å². The highest BCUT2D eigenvalue weighted by molar-refractivity contribution is 8.01. The highest BCUT2D eigenvalue weighted by Crippen LogP contribution is 2.42. The first-order valence-corrected chi connectivity index (χ1v) is 13.9. The fraction of sp³-hybridized carbons (Fsp3) is 0.300. The molecule has 4 rings (SSSR count). The lowest BCUT2D eigenvalue weighted by Gasteiger charge is -2.49. The van der Waals surface area contributed by atoms with Crippen LogP contribution in [0, 0.1) is 0 Å². The summed E-state index contributed by atoms with van der Waals surface area (Å²) in [6.07, 6.45) is -0.466. The Morgan fingerprint density at radius 2 is 1.92 bits per heavy atom. The van der Waals surface area contributed by atoms with Gasteiger partial charge < -0.3 is 19.9 Å². The number of carboxylic acids is 2. The summed E-state index contributed by atoms with van der Waals surface area (Å²) in [6, 6.07) is 6.04. The van der Waals surface area contributed by atoms with E-state index in [0.717, 1.165) is 28.4 Å². The first kappa shape index (κ1) is 26.6. The Bertz CT molecular complexity index is 1390. The molecule has 2 aliphatic heterocycles. The van der Waals surface area contributed by atoms with Crippen molar-refractivity contribution in [2.24, 2.45) is 0 Å². The first-order chi connectivity index (χ1) is 17.5.